The van der Waals surface area contributed by atoms with Gasteiger partial charge in [-0.25, -0.2) is 4.79 Å². The zero-order chi connectivity index (χ0) is 15.1. The molecule has 0 spiro atoms. The molecule has 1 rings (SSSR count). The van der Waals surface area contributed by atoms with E-state index in [4.69, 9.17) is 20.2 Å². The average molecular weight is 278 g/mol. The molecule has 0 aromatic heterocycles. The van der Waals surface area contributed by atoms with Crippen molar-refractivity contribution in [2.24, 2.45) is 0 Å². The molecule has 0 bridgehead atoms. The number of hydrogen-bond acceptors (Lipinski definition) is 5. The summed E-state index contributed by atoms with van der Waals surface area (Å²) in [5.41, 5.74) is 0.268. The topological polar surface area (TPSA) is 120 Å². The number of carbonyl (C=O) groups excluding carboxylic acids is 1. The number of carboxylic acid groups (broad SMARTS) is 1. The third-order valence-corrected chi connectivity index (χ3v) is 2.48. The highest BCUT2D eigenvalue weighted by Crippen LogP contribution is 2.18. The van der Waals surface area contributed by atoms with Gasteiger partial charge in [-0.15, -0.1) is 0 Å². The van der Waals surface area contributed by atoms with Gasteiger partial charge in [0.25, 0.3) is 5.91 Å². The number of nitrogens with one attached hydrogen (secondary N) is 1. The van der Waals surface area contributed by atoms with Crippen LogP contribution in [0, 0.1) is 11.3 Å². The lowest BCUT2D eigenvalue weighted by molar-refractivity contribution is -0.144. The zero-order valence-electron chi connectivity index (χ0n) is 10.7. The number of ether oxygens (including phenoxy) is 1. The van der Waals surface area contributed by atoms with Crippen molar-refractivity contribution >= 4 is 11.9 Å². The molecule has 3 N–H and O–H groups in total. The van der Waals surface area contributed by atoms with Gasteiger partial charge in [0.2, 0.25) is 0 Å². The van der Waals surface area contributed by atoms with Crippen molar-refractivity contribution in [2.75, 3.05) is 6.61 Å². The van der Waals surface area contributed by atoms with Gasteiger partial charge in [0.15, 0.2) is 6.10 Å². The first kappa shape index (κ1) is 15.5. The van der Waals surface area contributed by atoms with E-state index < -0.39 is 30.6 Å². The fourth-order valence-corrected chi connectivity index (χ4v) is 1.38. The number of aliphatic hydroxyl groups is 1. The SMILES string of the molecule is CC(Oc1ccccc1C#N)C(=O)N[C@H](CO)C(=O)O. The molecule has 0 radical (unpaired) electrons. The molecule has 1 amide bonds. The third kappa shape index (κ3) is 3.96. The van der Waals surface area contributed by atoms with Crippen LogP contribution in [-0.4, -0.2) is 40.8 Å². The summed E-state index contributed by atoms with van der Waals surface area (Å²) in [7, 11) is 0. The van der Waals surface area contributed by atoms with Gasteiger partial charge in [-0.3, -0.25) is 4.79 Å². The van der Waals surface area contributed by atoms with Crippen LogP contribution >= 0.6 is 0 Å². The predicted octanol–water partition coefficient (Wildman–Crippen LogP) is -0.113. The molecule has 7 nitrogen and oxygen atoms in total. The smallest absolute Gasteiger partial charge is 0.328 e. The van der Waals surface area contributed by atoms with Crippen molar-refractivity contribution in [2.45, 2.75) is 19.1 Å². The average Bonchev–Trinajstić information content (AvgIpc) is 2.44. The minimum absolute atomic E-state index is 0.230. The summed E-state index contributed by atoms with van der Waals surface area (Å²) >= 11 is 0. The second kappa shape index (κ2) is 7.11. The first-order valence-electron chi connectivity index (χ1n) is 5.79. The van der Waals surface area contributed by atoms with Crippen LogP contribution in [0.15, 0.2) is 24.3 Å². The molecule has 0 aliphatic rings. The standard InChI is InChI=1S/C13H14N2O5/c1-8(12(17)15-10(7-16)13(18)19)20-11-5-3-2-4-9(11)6-14/h2-5,8,10,16H,7H2,1H3,(H,15,17)(H,18,19)/t8?,10-/m1/s1. The molecular weight excluding hydrogens is 264 g/mol. The van der Waals surface area contributed by atoms with Crippen LogP contribution in [0.1, 0.15) is 12.5 Å². The normalized spacial score (nSPS) is 12.8. The number of benzene rings is 1. The number of aliphatic hydroxyl groups excluding tert-OH is 1. The number of aliphatic carboxylic acids is 1. The number of rotatable bonds is 6. The highest BCUT2D eigenvalue weighted by molar-refractivity contribution is 5.86. The Balaban J connectivity index is 2.71. The van der Waals surface area contributed by atoms with Crippen molar-refractivity contribution in [3.05, 3.63) is 29.8 Å². The summed E-state index contributed by atoms with van der Waals surface area (Å²) in [5, 5.41) is 28.5. The van der Waals surface area contributed by atoms with Crippen molar-refractivity contribution in [3.8, 4) is 11.8 Å². The van der Waals surface area contributed by atoms with E-state index in [9.17, 15) is 9.59 Å². The predicted molar refractivity (Wildman–Crippen MR) is 67.9 cm³/mol. The van der Waals surface area contributed by atoms with E-state index in [1.54, 1.807) is 12.1 Å². The van der Waals surface area contributed by atoms with Crippen molar-refractivity contribution < 1.29 is 24.5 Å². The quantitative estimate of drug-likeness (QED) is 0.667. The van der Waals surface area contributed by atoms with E-state index in [1.165, 1.54) is 19.1 Å². The molecule has 0 fully saturated rings. The Kier molecular flexibility index (Phi) is 5.50. The van der Waals surface area contributed by atoms with Gasteiger partial charge in [-0.1, -0.05) is 12.1 Å². The Morgan fingerprint density at radius 2 is 2.10 bits per heavy atom. The lowest BCUT2D eigenvalue weighted by Gasteiger charge is -2.18. The lowest BCUT2D eigenvalue weighted by atomic mass is 10.2. The molecule has 1 aromatic carbocycles. The molecule has 1 aromatic rings. The molecule has 0 aliphatic carbocycles. The number of para-hydroxylation sites is 1. The van der Waals surface area contributed by atoms with Gasteiger partial charge < -0.3 is 20.3 Å². The molecule has 1 unspecified atom stereocenters. The molecule has 106 valence electrons. The minimum atomic E-state index is -1.39. The summed E-state index contributed by atoms with van der Waals surface area (Å²) in [6.07, 6.45) is -1.00. The molecule has 0 saturated carbocycles. The lowest BCUT2D eigenvalue weighted by Crippen LogP contribution is -2.48. The Labute approximate surface area is 115 Å². The van der Waals surface area contributed by atoms with Crippen molar-refractivity contribution in [1.82, 2.24) is 5.32 Å². The van der Waals surface area contributed by atoms with Crippen LogP contribution in [0.4, 0.5) is 0 Å². The van der Waals surface area contributed by atoms with E-state index >= 15 is 0 Å². The maximum atomic E-state index is 11.7. The first-order valence-corrected chi connectivity index (χ1v) is 5.79. The third-order valence-electron chi connectivity index (χ3n) is 2.48. The van der Waals surface area contributed by atoms with Gasteiger partial charge in [0.05, 0.1) is 12.2 Å². The number of amides is 1. The second-order valence-corrected chi connectivity index (χ2v) is 3.95. The summed E-state index contributed by atoms with van der Waals surface area (Å²) < 4.78 is 5.31. The molecule has 7 heteroatoms. The van der Waals surface area contributed by atoms with E-state index in [0.29, 0.717) is 0 Å². The Morgan fingerprint density at radius 3 is 2.65 bits per heavy atom. The van der Waals surface area contributed by atoms with Crippen molar-refractivity contribution in [3.63, 3.8) is 0 Å². The van der Waals surface area contributed by atoms with Crippen LogP contribution in [0.5, 0.6) is 5.75 Å². The number of nitrogens with zero attached hydrogens (tertiary/aromatic N) is 1. The molecule has 0 heterocycles. The summed E-state index contributed by atoms with van der Waals surface area (Å²) in [6.45, 7) is 0.697. The zero-order valence-corrected chi connectivity index (χ0v) is 10.7. The maximum Gasteiger partial charge on any atom is 0.328 e. The van der Waals surface area contributed by atoms with Crippen molar-refractivity contribution in [1.29, 1.82) is 5.26 Å². The number of carbonyl (C=O) groups is 2. The van der Waals surface area contributed by atoms with Gasteiger partial charge in [0.1, 0.15) is 17.9 Å². The Morgan fingerprint density at radius 1 is 1.45 bits per heavy atom. The Bertz CT molecular complexity index is 538. The number of carboxylic acids is 1. The van der Waals surface area contributed by atoms with E-state index in [1.807, 2.05) is 6.07 Å². The summed E-state index contributed by atoms with van der Waals surface area (Å²) in [4.78, 5) is 22.4. The van der Waals surface area contributed by atoms with E-state index in [-0.39, 0.29) is 11.3 Å². The van der Waals surface area contributed by atoms with E-state index in [0.717, 1.165) is 0 Å². The fourth-order valence-electron chi connectivity index (χ4n) is 1.38. The largest absolute Gasteiger partial charge is 0.480 e. The first-order chi connectivity index (χ1) is 9.49. The number of hydrogen-bond donors (Lipinski definition) is 3. The minimum Gasteiger partial charge on any atom is -0.480 e. The van der Waals surface area contributed by atoms with Crippen LogP contribution in [-0.2, 0) is 9.59 Å². The van der Waals surface area contributed by atoms with Gasteiger partial charge in [-0.05, 0) is 19.1 Å². The highest BCUT2D eigenvalue weighted by atomic mass is 16.5. The molecular formula is C13H14N2O5. The van der Waals surface area contributed by atoms with Gasteiger partial charge >= 0.3 is 5.97 Å². The molecule has 0 saturated heterocycles. The van der Waals surface area contributed by atoms with Crippen LogP contribution in [0.3, 0.4) is 0 Å². The summed E-state index contributed by atoms with van der Waals surface area (Å²) in [5.74, 6) is -1.81. The summed E-state index contributed by atoms with van der Waals surface area (Å²) in [6, 6.07) is 6.90. The van der Waals surface area contributed by atoms with Gasteiger partial charge in [0, 0.05) is 0 Å². The van der Waals surface area contributed by atoms with Crippen LogP contribution in [0.2, 0.25) is 0 Å². The maximum absolute atomic E-state index is 11.7. The molecule has 2 atom stereocenters. The highest BCUT2D eigenvalue weighted by Gasteiger charge is 2.23. The second-order valence-electron chi connectivity index (χ2n) is 3.95. The molecule has 20 heavy (non-hydrogen) atoms. The monoisotopic (exact) mass is 278 g/mol. The van der Waals surface area contributed by atoms with Gasteiger partial charge in [-0.2, -0.15) is 5.26 Å². The van der Waals surface area contributed by atoms with Crippen LogP contribution in [0.25, 0.3) is 0 Å². The Hall–Kier alpha value is -2.59. The fraction of sp³-hybridized carbons (Fsp3) is 0.308. The molecule has 0 aliphatic heterocycles. The van der Waals surface area contributed by atoms with Crippen LogP contribution < -0.4 is 10.1 Å². The number of nitriles is 1. The van der Waals surface area contributed by atoms with E-state index in [2.05, 4.69) is 5.32 Å².